The first-order valence-corrected chi connectivity index (χ1v) is 8.09. The Morgan fingerprint density at radius 1 is 1.18 bits per heavy atom. The van der Waals surface area contributed by atoms with Crippen LogP contribution in [0.2, 0.25) is 0 Å². The fraction of sp³-hybridized carbons (Fsp3) is 0.588. The smallest absolute Gasteiger partial charge is 0.253 e. The summed E-state index contributed by atoms with van der Waals surface area (Å²) >= 11 is 0. The molecule has 1 fully saturated rings. The topological polar surface area (TPSA) is 47.0 Å². The van der Waals surface area contributed by atoms with Crippen molar-refractivity contribution in [2.45, 2.75) is 13.3 Å². The summed E-state index contributed by atoms with van der Waals surface area (Å²) in [7, 11) is 2.07. The van der Waals surface area contributed by atoms with Crippen molar-refractivity contribution >= 4 is 11.6 Å². The van der Waals surface area contributed by atoms with Gasteiger partial charge in [0.2, 0.25) is 0 Å². The summed E-state index contributed by atoms with van der Waals surface area (Å²) < 4.78 is 0. The third-order valence-corrected chi connectivity index (χ3v) is 4.19. The lowest BCUT2D eigenvalue weighted by molar-refractivity contribution is 0.0615. The van der Waals surface area contributed by atoms with E-state index in [0.29, 0.717) is 6.54 Å². The molecule has 0 atom stereocenters. The van der Waals surface area contributed by atoms with E-state index in [0.717, 1.165) is 50.4 Å². The van der Waals surface area contributed by atoms with Crippen LogP contribution < -0.4 is 4.90 Å². The van der Waals surface area contributed by atoms with Crippen molar-refractivity contribution in [3.05, 3.63) is 29.8 Å². The van der Waals surface area contributed by atoms with Gasteiger partial charge in [-0.2, -0.15) is 0 Å². The Morgan fingerprint density at radius 3 is 2.36 bits per heavy atom. The second kappa shape index (κ2) is 8.15. The fourth-order valence-corrected chi connectivity index (χ4v) is 2.82. The molecule has 22 heavy (non-hydrogen) atoms. The molecule has 1 aliphatic heterocycles. The molecule has 1 N–H and O–H groups in total. The van der Waals surface area contributed by atoms with Crippen molar-refractivity contribution in [1.82, 2.24) is 9.80 Å². The third-order valence-electron chi connectivity index (χ3n) is 4.19. The highest BCUT2D eigenvalue weighted by atomic mass is 16.3. The second-order valence-corrected chi connectivity index (χ2v) is 5.83. The number of aliphatic hydroxyl groups is 1. The van der Waals surface area contributed by atoms with Gasteiger partial charge in [-0.25, -0.2) is 0 Å². The van der Waals surface area contributed by atoms with Crippen molar-refractivity contribution in [2.24, 2.45) is 0 Å². The molecule has 1 heterocycles. The van der Waals surface area contributed by atoms with Crippen LogP contribution >= 0.6 is 0 Å². The predicted molar refractivity (Wildman–Crippen MR) is 89.4 cm³/mol. The Kier molecular flexibility index (Phi) is 6.21. The summed E-state index contributed by atoms with van der Waals surface area (Å²) in [6.45, 7) is 7.19. The third kappa shape index (κ3) is 4.21. The number of hydrogen-bond donors (Lipinski definition) is 1. The Hall–Kier alpha value is -1.59. The number of aliphatic hydroxyl groups excluding tert-OH is 1. The molecule has 0 saturated carbocycles. The minimum atomic E-state index is 0.105. The number of hydrogen-bond acceptors (Lipinski definition) is 4. The Balaban J connectivity index is 1.93. The molecular weight excluding hydrogens is 278 g/mol. The maximum absolute atomic E-state index is 12.5. The first kappa shape index (κ1) is 16.8. The van der Waals surface area contributed by atoms with E-state index in [1.54, 1.807) is 0 Å². The first-order valence-electron chi connectivity index (χ1n) is 8.09. The van der Waals surface area contributed by atoms with Crippen LogP contribution in [0, 0.1) is 0 Å². The van der Waals surface area contributed by atoms with Gasteiger partial charge in [-0.3, -0.25) is 9.69 Å². The van der Waals surface area contributed by atoms with Gasteiger partial charge in [0.15, 0.2) is 0 Å². The molecule has 0 unspecified atom stereocenters. The van der Waals surface area contributed by atoms with Gasteiger partial charge in [-0.05, 0) is 30.7 Å². The van der Waals surface area contributed by atoms with Crippen LogP contribution in [0.1, 0.15) is 23.7 Å². The maximum Gasteiger partial charge on any atom is 0.253 e. The number of rotatable bonds is 6. The van der Waals surface area contributed by atoms with E-state index in [4.69, 9.17) is 5.11 Å². The summed E-state index contributed by atoms with van der Waals surface area (Å²) in [6.07, 6.45) is 1.11. The van der Waals surface area contributed by atoms with E-state index in [-0.39, 0.29) is 12.5 Å². The van der Waals surface area contributed by atoms with Crippen LogP contribution in [0.25, 0.3) is 0 Å². The van der Waals surface area contributed by atoms with E-state index in [1.165, 1.54) is 0 Å². The van der Waals surface area contributed by atoms with E-state index < -0.39 is 0 Å². The lowest BCUT2D eigenvalue weighted by atomic mass is 10.1. The number of β-amino-alcohol motifs (C(OH)–C–C–N with tert-alkyl or cyclic N) is 1. The van der Waals surface area contributed by atoms with Gasteiger partial charge >= 0.3 is 0 Å². The number of carbonyl (C=O) groups is 1. The minimum Gasteiger partial charge on any atom is -0.395 e. The molecule has 5 nitrogen and oxygen atoms in total. The highest BCUT2D eigenvalue weighted by Crippen LogP contribution is 2.16. The Labute approximate surface area is 133 Å². The largest absolute Gasteiger partial charge is 0.395 e. The molecule has 1 saturated heterocycles. The zero-order valence-electron chi connectivity index (χ0n) is 13.7. The SMILES string of the molecule is CCCN(C)c1ccc(C(=O)N2CCN(CCO)CC2)cc1. The van der Waals surface area contributed by atoms with E-state index in [2.05, 4.69) is 23.8 Å². The van der Waals surface area contributed by atoms with Crippen LogP contribution in [0.5, 0.6) is 0 Å². The van der Waals surface area contributed by atoms with E-state index >= 15 is 0 Å². The average Bonchev–Trinajstić information content (AvgIpc) is 2.55. The molecule has 2 rings (SSSR count). The highest BCUT2D eigenvalue weighted by molar-refractivity contribution is 5.94. The van der Waals surface area contributed by atoms with Gasteiger partial charge in [0, 0.05) is 57.6 Å². The summed E-state index contributed by atoms with van der Waals surface area (Å²) in [5.41, 5.74) is 1.90. The molecule has 1 amide bonds. The Bertz CT molecular complexity index is 467. The monoisotopic (exact) mass is 305 g/mol. The standard InChI is InChI=1S/C17H27N3O2/c1-3-8-18(2)16-6-4-15(5-7-16)17(22)20-11-9-19(10-12-20)13-14-21/h4-7,21H,3,8-14H2,1-2H3. The second-order valence-electron chi connectivity index (χ2n) is 5.83. The molecule has 0 aromatic heterocycles. The van der Waals surface area contributed by atoms with E-state index in [1.807, 2.05) is 29.2 Å². The van der Waals surface area contributed by atoms with Gasteiger partial charge < -0.3 is 14.9 Å². The number of nitrogens with zero attached hydrogens (tertiary/aromatic N) is 3. The van der Waals surface area contributed by atoms with Crippen LogP contribution in [0.4, 0.5) is 5.69 Å². The number of benzene rings is 1. The van der Waals surface area contributed by atoms with Gasteiger partial charge in [-0.15, -0.1) is 0 Å². The van der Waals surface area contributed by atoms with Gasteiger partial charge in [0.25, 0.3) is 5.91 Å². The van der Waals surface area contributed by atoms with E-state index in [9.17, 15) is 4.79 Å². The lowest BCUT2D eigenvalue weighted by Gasteiger charge is -2.34. The maximum atomic E-state index is 12.5. The van der Waals surface area contributed by atoms with Crippen molar-refractivity contribution in [3.8, 4) is 0 Å². The lowest BCUT2D eigenvalue weighted by Crippen LogP contribution is -2.49. The molecule has 0 spiro atoms. The van der Waals surface area contributed by atoms with Crippen LogP contribution in [0.15, 0.2) is 24.3 Å². The van der Waals surface area contributed by atoms with Crippen LogP contribution in [-0.2, 0) is 0 Å². The molecule has 0 aliphatic carbocycles. The minimum absolute atomic E-state index is 0.105. The normalized spacial score (nSPS) is 15.9. The highest BCUT2D eigenvalue weighted by Gasteiger charge is 2.21. The zero-order valence-corrected chi connectivity index (χ0v) is 13.7. The molecule has 0 bridgehead atoms. The summed E-state index contributed by atoms with van der Waals surface area (Å²) in [4.78, 5) is 18.8. The molecular formula is C17H27N3O2. The Morgan fingerprint density at radius 2 is 1.82 bits per heavy atom. The molecule has 1 aromatic rings. The summed E-state index contributed by atoms with van der Waals surface area (Å²) in [5, 5.41) is 8.95. The van der Waals surface area contributed by atoms with Gasteiger partial charge in [0.1, 0.15) is 0 Å². The number of amides is 1. The number of piperazine rings is 1. The fourth-order valence-electron chi connectivity index (χ4n) is 2.82. The predicted octanol–water partition coefficient (Wildman–Crippen LogP) is 1.28. The summed E-state index contributed by atoms with van der Waals surface area (Å²) in [6, 6.07) is 7.88. The van der Waals surface area contributed by atoms with Crippen LogP contribution in [-0.4, -0.2) is 73.7 Å². The van der Waals surface area contributed by atoms with Gasteiger partial charge in [0.05, 0.1) is 6.61 Å². The molecule has 0 radical (unpaired) electrons. The zero-order chi connectivity index (χ0) is 15.9. The van der Waals surface area contributed by atoms with Gasteiger partial charge in [-0.1, -0.05) is 6.92 Å². The first-order chi connectivity index (χ1) is 10.7. The molecule has 5 heteroatoms. The van der Waals surface area contributed by atoms with Crippen LogP contribution in [0.3, 0.4) is 0 Å². The van der Waals surface area contributed by atoms with Crippen molar-refractivity contribution in [2.75, 3.05) is 57.8 Å². The van der Waals surface area contributed by atoms with Crippen molar-refractivity contribution < 1.29 is 9.90 Å². The molecule has 122 valence electrons. The molecule has 1 aromatic carbocycles. The molecule has 1 aliphatic rings. The number of anilines is 1. The average molecular weight is 305 g/mol. The number of carbonyl (C=O) groups excluding carboxylic acids is 1. The summed E-state index contributed by atoms with van der Waals surface area (Å²) in [5.74, 6) is 0.105. The van der Waals surface area contributed by atoms with Crippen molar-refractivity contribution in [1.29, 1.82) is 0 Å². The van der Waals surface area contributed by atoms with Crippen molar-refractivity contribution in [3.63, 3.8) is 0 Å². The quantitative estimate of drug-likeness (QED) is 0.860.